The monoisotopic (exact) mass is 267 g/mol. The summed E-state index contributed by atoms with van der Waals surface area (Å²) in [4.78, 5) is 12.0. The van der Waals surface area contributed by atoms with Gasteiger partial charge in [-0.2, -0.15) is 0 Å². The number of carbonyl (C=O) groups is 1. The second-order valence-corrected chi connectivity index (χ2v) is 4.96. The van der Waals surface area contributed by atoms with Gasteiger partial charge >= 0.3 is 0 Å². The van der Waals surface area contributed by atoms with Gasteiger partial charge in [0.2, 0.25) is 5.91 Å². The minimum absolute atomic E-state index is 0.132. The Hall–Kier alpha value is -1.02. The smallest absolute Gasteiger partial charge is 0.223 e. The van der Waals surface area contributed by atoms with E-state index in [0.29, 0.717) is 11.6 Å². The van der Waals surface area contributed by atoms with E-state index >= 15 is 0 Å². The highest BCUT2D eigenvalue weighted by molar-refractivity contribution is 6.31. The van der Waals surface area contributed by atoms with E-state index in [1.807, 2.05) is 24.3 Å². The highest BCUT2D eigenvalue weighted by Crippen LogP contribution is 2.16. The lowest BCUT2D eigenvalue weighted by Crippen LogP contribution is -2.30. The minimum Gasteiger partial charge on any atom is -0.352 e. The van der Waals surface area contributed by atoms with Crippen LogP contribution in [-0.4, -0.2) is 5.91 Å². The number of amides is 1. The Morgan fingerprint density at radius 2 is 2.06 bits per heavy atom. The first-order valence-electron chi connectivity index (χ1n) is 6.70. The lowest BCUT2D eigenvalue weighted by atomic mass is 9.98. The zero-order valence-electron chi connectivity index (χ0n) is 11.2. The predicted molar refractivity (Wildman–Crippen MR) is 76.6 cm³/mol. The lowest BCUT2D eigenvalue weighted by molar-refractivity contribution is -0.125. The van der Waals surface area contributed by atoms with E-state index in [4.69, 9.17) is 11.6 Å². The first kappa shape index (κ1) is 15.0. The second-order valence-electron chi connectivity index (χ2n) is 4.56. The maximum atomic E-state index is 12.0. The molecule has 0 radical (unpaired) electrons. The third-order valence-corrected chi connectivity index (χ3v) is 3.55. The van der Waals surface area contributed by atoms with Crippen LogP contribution in [0.1, 0.15) is 45.1 Å². The summed E-state index contributed by atoms with van der Waals surface area (Å²) in [6.07, 6.45) is 4.11. The van der Waals surface area contributed by atoms with Crippen LogP contribution in [0.3, 0.4) is 0 Å². The Morgan fingerprint density at radius 1 is 1.33 bits per heavy atom. The molecule has 0 spiro atoms. The number of hydrogen-bond acceptors (Lipinski definition) is 1. The lowest BCUT2D eigenvalue weighted by Gasteiger charge is -2.15. The summed E-state index contributed by atoms with van der Waals surface area (Å²) in [6.45, 7) is 4.73. The van der Waals surface area contributed by atoms with E-state index in [1.54, 1.807) is 0 Å². The first-order valence-corrected chi connectivity index (χ1v) is 7.07. The molecule has 1 rings (SSSR count). The molecule has 2 nitrogen and oxygen atoms in total. The Bertz CT molecular complexity index is 379. The molecular formula is C15H22ClNO. The van der Waals surface area contributed by atoms with Crippen LogP contribution in [0.5, 0.6) is 0 Å². The average Bonchev–Trinajstić information content (AvgIpc) is 2.38. The minimum atomic E-state index is 0.132. The number of nitrogens with one attached hydrogen (secondary N) is 1. The molecule has 18 heavy (non-hydrogen) atoms. The first-order chi connectivity index (χ1) is 8.69. The van der Waals surface area contributed by atoms with Crippen molar-refractivity contribution in [2.75, 3.05) is 0 Å². The molecule has 0 aliphatic rings. The van der Waals surface area contributed by atoms with Crippen LogP contribution >= 0.6 is 11.6 Å². The molecule has 0 bridgehead atoms. The normalized spacial score (nSPS) is 12.2. The summed E-state index contributed by atoms with van der Waals surface area (Å²) in [7, 11) is 0. The summed E-state index contributed by atoms with van der Waals surface area (Å²) in [6, 6.07) is 7.61. The molecule has 0 aliphatic carbocycles. The van der Waals surface area contributed by atoms with Gasteiger partial charge in [0.15, 0.2) is 0 Å². The maximum Gasteiger partial charge on any atom is 0.223 e. The van der Waals surface area contributed by atoms with Crippen LogP contribution in [0.15, 0.2) is 24.3 Å². The maximum absolute atomic E-state index is 12.0. The van der Waals surface area contributed by atoms with E-state index in [1.165, 1.54) is 0 Å². The highest BCUT2D eigenvalue weighted by Gasteiger charge is 2.15. The van der Waals surface area contributed by atoms with Crippen molar-refractivity contribution < 1.29 is 4.79 Å². The molecule has 0 heterocycles. The topological polar surface area (TPSA) is 29.1 Å². The van der Waals surface area contributed by atoms with E-state index in [0.717, 1.165) is 31.2 Å². The summed E-state index contributed by atoms with van der Waals surface area (Å²) in [5.41, 5.74) is 0.970. The summed E-state index contributed by atoms with van der Waals surface area (Å²) in [5, 5.41) is 3.68. The van der Waals surface area contributed by atoms with Crippen LogP contribution in [-0.2, 0) is 11.3 Å². The molecule has 0 fully saturated rings. The molecule has 1 amide bonds. The number of halogens is 1. The van der Waals surface area contributed by atoms with E-state index < -0.39 is 0 Å². The average molecular weight is 268 g/mol. The van der Waals surface area contributed by atoms with Gasteiger partial charge in [-0.1, -0.05) is 56.5 Å². The van der Waals surface area contributed by atoms with E-state index in [9.17, 15) is 4.79 Å². The molecule has 0 saturated heterocycles. The van der Waals surface area contributed by atoms with Crippen LogP contribution in [0.2, 0.25) is 5.02 Å². The fraction of sp³-hybridized carbons (Fsp3) is 0.533. The van der Waals surface area contributed by atoms with E-state index in [-0.39, 0.29) is 11.8 Å². The Kier molecular flexibility index (Phi) is 6.81. The molecule has 0 saturated carbocycles. The van der Waals surface area contributed by atoms with Gasteiger partial charge in [-0.25, -0.2) is 0 Å². The number of rotatable bonds is 7. The summed E-state index contributed by atoms with van der Waals surface area (Å²) < 4.78 is 0. The van der Waals surface area contributed by atoms with Crippen molar-refractivity contribution in [2.24, 2.45) is 5.92 Å². The Balaban J connectivity index is 2.47. The van der Waals surface area contributed by atoms with Crippen LogP contribution in [0.4, 0.5) is 0 Å². The van der Waals surface area contributed by atoms with Crippen molar-refractivity contribution in [3.05, 3.63) is 34.9 Å². The zero-order valence-corrected chi connectivity index (χ0v) is 12.0. The molecule has 1 unspecified atom stereocenters. The number of benzene rings is 1. The fourth-order valence-electron chi connectivity index (χ4n) is 1.94. The molecule has 1 aromatic carbocycles. The number of unbranched alkanes of at least 4 members (excludes halogenated alkanes) is 1. The summed E-state index contributed by atoms with van der Waals surface area (Å²) >= 11 is 6.05. The van der Waals surface area contributed by atoms with Crippen LogP contribution in [0, 0.1) is 5.92 Å². The van der Waals surface area contributed by atoms with E-state index in [2.05, 4.69) is 19.2 Å². The van der Waals surface area contributed by atoms with Gasteiger partial charge in [0, 0.05) is 17.5 Å². The highest BCUT2D eigenvalue weighted by atomic mass is 35.5. The van der Waals surface area contributed by atoms with Crippen LogP contribution < -0.4 is 5.32 Å². The number of carbonyl (C=O) groups excluding carboxylic acids is 1. The summed E-state index contributed by atoms with van der Waals surface area (Å²) in [5.74, 6) is 0.276. The second kappa shape index (κ2) is 8.15. The van der Waals surface area contributed by atoms with Crippen molar-refractivity contribution in [3.63, 3.8) is 0 Å². The molecule has 0 aromatic heterocycles. The van der Waals surface area contributed by atoms with Gasteiger partial charge in [0.1, 0.15) is 0 Å². The fourth-order valence-corrected chi connectivity index (χ4v) is 2.14. The third-order valence-electron chi connectivity index (χ3n) is 3.18. The van der Waals surface area contributed by atoms with Gasteiger partial charge in [-0.15, -0.1) is 0 Å². The van der Waals surface area contributed by atoms with Crippen molar-refractivity contribution in [3.8, 4) is 0 Å². The Labute approximate surface area is 115 Å². The molecule has 100 valence electrons. The standard InChI is InChI=1S/C15H22ClNO/c1-3-5-8-12(4-2)15(18)17-11-13-9-6-7-10-14(13)16/h6-7,9-10,12H,3-5,8,11H2,1-2H3,(H,17,18). The molecule has 1 atom stereocenters. The van der Waals surface area contributed by atoms with Crippen molar-refractivity contribution in [1.82, 2.24) is 5.32 Å². The zero-order chi connectivity index (χ0) is 13.4. The number of hydrogen-bond donors (Lipinski definition) is 1. The molecule has 0 aliphatic heterocycles. The molecular weight excluding hydrogens is 246 g/mol. The van der Waals surface area contributed by atoms with Crippen molar-refractivity contribution in [2.45, 2.75) is 46.1 Å². The van der Waals surface area contributed by atoms with Crippen molar-refractivity contribution >= 4 is 17.5 Å². The van der Waals surface area contributed by atoms with Gasteiger partial charge < -0.3 is 5.32 Å². The Morgan fingerprint density at radius 3 is 2.67 bits per heavy atom. The SMILES string of the molecule is CCCCC(CC)C(=O)NCc1ccccc1Cl. The quantitative estimate of drug-likeness (QED) is 0.789. The third kappa shape index (κ3) is 4.69. The molecule has 1 N–H and O–H groups in total. The van der Waals surface area contributed by atoms with Gasteiger partial charge in [0.05, 0.1) is 0 Å². The van der Waals surface area contributed by atoms with Gasteiger partial charge in [0.25, 0.3) is 0 Å². The molecule has 3 heteroatoms. The van der Waals surface area contributed by atoms with Gasteiger partial charge in [-0.3, -0.25) is 4.79 Å². The predicted octanol–water partition coefficient (Wildman–Crippen LogP) is 4.17. The van der Waals surface area contributed by atoms with Crippen LogP contribution in [0.25, 0.3) is 0 Å². The van der Waals surface area contributed by atoms with Gasteiger partial charge in [-0.05, 0) is 24.5 Å². The largest absolute Gasteiger partial charge is 0.352 e. The molecule has 1 aromatic rings. The van der Waals surface area contributed by atoms with Crippen molar-refractivity contribution in [1.29, 1.82) is 0 Å².